The van der Waals surface area contributed by atoms with Gasteiger partial charge in [0.05, 0.1) is 0 Å². The molecule has 0 bridgehead atoms. The minimum atomic E-state index is -0.0694. The SMILES string of the molecule is CCN(CC)c1ccc(/C=C/C(=O)c2ccn(CC)n2)cc1. The summed E-state index contributed by atoms with van der Waals surface area (Å²) >= 11 is 0. The maximum atomic E-state index is 12.0. The number of rotatable bonds is 7. The summed E-state index contributed by atoms with van der Waals surface area (Å²) in [4.78, 5) is 14.3. The van der Waals surface area contributed by atoms with Crippen LogP contribution in [0.5, 0.6) is 0 Å². The second-order valence-electron chi connectivity index (χ2n) is 5.02. The molecule has 0 spiro atoms. The van der Waals surface area contributed by atoms with Crippen molar-refractivity contribution in [2.75, 3.05) is 18.0 Å². The van der Waals surface area contributed by atoms with Gasteiger partial charge in [-0.2, -0.15) is 5.10 Å². The Morgan fingerprint density at radius 1 is 1.14 bits per heavy atom. The number of ketones is 1. The first-order valence-corrected chi connectivity index (χ1v) is 7.78. The van der Waals surface area contributed by atoms with E-state index in [2.05, 4.69) is 36.0 Å². The molecule has 0 aliphatic rings. The number of hydrogen-bond acceptors (Lipinski definition) is 3. The van der Waals surface area contributed by atoms with Crippen LogP contribution >= 0.6 is 0 Å². The Hall–Kier alpha value is -2.36. The van der Waals surface area contributed by atoms with Gasteiger partial charge in [0.25, 0.3) is 0 Å². The fraction of sp³-hybridized carbons (Fsp3) is 0.333. The van der Waals surface area contributed by atoms with E-state index in [1.165, 1.54) is 5.69 Å². The van der Waals surface area contributed by atoms with Crippen LogP contribution in [0.25, 0.3) is 6.08 Å². The highest BCUT2D eigenvalue weighted by Crippen LogP contribution is 2.15. The van der Waals surface area contributed by atoms with Crippen LogP contribution in [0.15, 0.2) is 42.6 Å². The topological polar surface area (TPSA) is 38.1 Å². The number of allylic oxidation sites excluding steroid dienone is 1. The average molecular weight is 297 g/mol. The summed E-state index contributed by atoms with van der Waals surface area (Å²) in [5, 5.41) is 4.21. The molecule has 1 aromatic carbocycles. The predicted molar refractivity (Wildman–Crippen MR) is 91.3 cm³/mol. The zero-order valence-electron chi connectivity index (χ0n) is 13.5. The quantitative estimate of drug-likeness (QED) is 0.578. The van der Waals surface area contributed by atoms with Gasteiger partial charge in [-0.25, -0.2) is 0 Å². The van der Waals surface area contributed by atoms with E-state index in [1.54, 1.807) is 16.8 Å². The highest BCUT2D eigenvalue weighted by molar-refractivity contribution is 6.05. The van der Waals surface area contributed by atoms with E-state index in [0.717, 1.165) is 25.2 Å². The Kier molecular flexibility index (Phi) is 5.53. The molecule has 4 heteroatoms. The van der Waals surface area contributed by atoms with Gasteiger partial charge in [-0.15, -0.1) is 0 Å². The summed E-state index contributed by atoms with van der Waals surface area (Å²) in [7, 11) is 0. The van der Waals surface area contributed by atoms with E-state index >= 15 is 0 Å². The number of hydrogen-bond donors (Lipinski definition) is 0. The Balaban J connectivity index is 2.05. The second kappa shape index (κ2) is 7.59. The highest BCUT2D eigenvalue weighted by Gasteiger charge is 2.05. The summed E-state index contributed by atoms with van der Waals surface area (Å²) in [6, 6.07) is 9.98. The molecule has 22 heavy (non-hydrogen) atoms. The van der Waals surface area contributed by atoms with E-state index < -0.39 is 0 Å². The predicted octanol–water partition coefficient (Wildman–Crippen LogP) is 3.65. The van der Waals surface area contributed by atoms with Crippen molar-refractivity contribution in [1.29, 1.82) is 0 Å². The van der Waals surface area contributed by atoms with Crippen molar-refractivity contribution < 1.29 is 4.79 Å². The van der Waals surface area contributed by atoms with Crippen molar-refractivity contribution in [3.63, 3.8) is 0 Å². The van der Waals surface area contributed by atoms with Gasteiger partial charge in [-0.05, 0) is 50.6 Å². The smallest absolute Gasteiger partial charge is 0.206 e. The van der Waals surface area contributed by atoms with E-state index in [1.807, 2.05) is 31.3 Å². The van der Waals surface area contributed by atoms with Crippen molar-refractivity contribution in [1.82, 2.24) is 9.78 Å². The number of carbonyl (C=O) groups excluding carboxylic acids is 1. The molecular weight excluding hydrogens is 274 g/mol. The molecule has 0 atom stereocenters. The van der Waals surface area contributed by atoms with E-state index in [9.17, 15) is 4.79 Å². The van der Waals surface area contributed by atoms with Gasteiger partial charge in [0, 0.05) is 31.5 Å². The van der Waals surface area contributed by atoms with Crippen molar-refractivity contribution in [2.45, 2.75) is 27.3 Å². The maximum Gasteiger partial charge on any atom is 0.206 e. The van der Waals surface area contributed by atoms with Gasteiger partial charge in [-0.3, -0.25) is 9.48 Å². The summed E-state index contributed by atoms with van der Waals surface area (Å²) in [5.74, 6) is -0.0694. The third kappa shape index (κ3) is 3.85. The molecule has 0 N–H and O–H groups in total. The highest BCUT2D eigenvalue weighted by atomic mass is 16.1. The van der Waals surface area contributed by atoms with Gasteiger partial charge < -0.3 is 4.90 Å². The number of anilines is 1. The van der Waals surface area contributed by atoms with Crippen molar-refractivity contribution in [3.8, 4) is 0 Å². The van der Waals surface area contributed by atoms with Crippen LogP contribution in [0.4, 0.5) is 5.69 Å². The molecule has 4 nitrogen and oxygen atoms in total. The molecule has 0 radical (unpaired) electrons. The largest absolute Gasteiger partial charge is 0.372 e. The minimum absolute atomic E-state index is 0.0694. The first-order valence-electron chi connectivity index (χ1n) is 7.78. The van der Waals surface area contributed by atoms with E-state index in [0.29, 0.717) is 5.69 Å². The molecule has 0 aliphatic heterocycles. The fourth-order valence-electron chi connectivity index (χ4n) is 2.31. The lowest BCUT2D eigenvalue weighted by atomic mass is 10.1. The molecule has 1 aromatic heterocycles. The number of benzene rings is 1. The van der Waals surface area contributed by atoms with Crippen LogP contribution in [-0.4, -0.2) is 28.7 Å². The number of nitrogens with zero attached hydrogens (tertiary/aromatic N) is 3. The molecule has 0 saturated heterocycles. The van der Waals surface area contributed by atoms with Crippen LogP contribution in [0, 0.1) is 0 Å². The van der Waals surface area contributed by atoms with E-state index in [-0.39, 0.29) is 5.78 Å². The average Bonchev–Trinajstić information content (AvgIpc) is 3.04. The monoisotopic (exact) mass is 297 g/mol. The standard InChI is InChI=1S/C18H23N3O/c1-4-20(5-2)16-10-7-15(8-11-16)9-12-18(22)17-13-14-21(6-3)19-17/h7-14H,4-6H2,1-3H3/b12-9+. The summed E-state index contributed by atoms with van der Waals surface area (Å²) < 4.78 is 1.75. The zero-order chi connectivity index (χ0) is 15.9. The molecule has 2 aromatic rings. The van der Waals surface area contributed by atoms with Crippen LogP contribution in [-0.2, 0) is 6.54 Å². The molecule has 0 fully saturated rings. The molecule has 0 unspecified atom stereocenters. The Morgan fingerprint density at radius 2 is 1.82 bits per heavy atom. The molecule has 1 heterocycles. The lowest BCUT2D eigenvalue weighted by Crippen LogP contribution is -2.21. The van der Waals surface area contributed by atoms with Gasteiger partial charge >= 0.3 is 0 Å². The number of aromatic nitrogens is 2. The molecule has 0 amide bonds. The van der Waals surface area contributed by atoms with E-state index in [4.69, 9.17) is 0 Å². The summed E-state index contributed by atoms with van der Waals surface area (Å²) in [5.41, 5.74) is 2.70. The lowest BCUT2D eigenvalue weighted by Gasteiger charge is -2.20. The Bertz CT molecular complexity index is 637. The van der Waals surface area contributed by atoms with Gasteiger partial charge in [0.2, 0.25) is 5.78 Å². The summed E-state index contributed by atoms with van der Waals surface area (Å²) in [6.07, 6.45) is 5.23. The van der Waals surface area contributed by atoms with Crippen LogP contribution in [0.1, 0.15) is 36.8 Å². The van der Waals surface area contributed by atoms with Crippen molar-refractivity contribution in [3.05, 3.63) is 53.9 Å². The minimum Gasteiger partial charge on any atom is -0.372 e. The lowest BCUT2D eigenvalue weighted by molar-refractivity contribution is 0.104. The Labute approximate surface area is 132 Å². The van der Waals surface area contributed by atoms with Gasteiger partial charge in [0.15, 0.2) is 0 Å². The fourth-order valence-corrected chi connectivity index (χ4v) is 2.31. The number of carbonyl (C=O) groups is 1. The third-order valence-electron chi connectivity index (χ3n) is 3.67. The molecular formula is C18H23N3O. The maximum absolute atomic E-state index is 12.0. The summed E-state index contributed by atoms with van der Waals surface area (Å²) in [6.45, 7) is 9.03. The van der Waals surface area contributed by atoms with Crippen LogP contribution in [0.3, 0.4) is 0 Å². The molecule has 0 saturated carbocycles. The van der Waals surface area contributed by atoms with Gasteiger partial charge in [0.1, 0.15) is 5.69 Å². The zero-order valence-corrected chi connectivity index (χ0v) is 13.5. The number of aryl methyl sites for hydroxylation is 1. The molecule has 0 aliphatic carbocycles. The van der Waals surface area contributed by atoms with Crippen LogP contribution in [0.2, 0.25) is 0 Å². The third-order valence-corrected chi connectivity index (χ3v) is 3.67. The van der Waals surface area contributed by atoms with Gasteiger partial charge in [-0.1, -0.05) is 18.2 Å². The molecule has 116 valence electrons. The van der Waals surface area contributed by atoms with Crippen molar-refractivity contribution in [2.24, 2.45) is 0 Å². The Morgan fingerprint density at radius 3 is 2.36 bits per heavy atom. The van der Waals surface area contributed by atoms with Crippen LogP contribution < -0.4 is 4.90 Å². The van der Waals surface area contributed by atoms with Crippen molar-refractivity contribution >= 4 is 17.5 Å². The normalized spacial score (nSPS) is 11.0. The first-order chi connectivity index (χ1) is 10.7. The second-order valence-corrected chi connectivity index (χ2v) is 5.02. The molecule has 2 rings (SSSR count). The first kappa shape index (κ1) is 16.0.